The zero-order valence-corrected chi connectivity index (χ0v) is 10.4. The van der Waals surface area contributed by atoms with Gasteiger partial charge in [-0.05, 0) is 45.4 Å². The van der Waals surface area contributed by atoms with Gasteiger partial charge in [0.2, 0.25) is 0 Å². The molecular formula is C12H22N2O2. The maximum atomic E-state index is 11.9. The third-order valence-electron chi connectivity index (χ3n) is 3.56. The van der Waals surface area contributed by atoms with Crippen LogP contribution in [-0.2, 0) is 4.74 Å². The van der Waals surface area contributed by atoms with Crippen molar-refractivity contribution in [1.82, 2.24) is 4.90 Å². The summed E-state index contributed by atoms with van der Waals surface area (Å²) in [6.07, 6.45) is 2.08. The molecule has 4 nitrogen and oxygen atoms in total. The number of ether oxygens (including phenoxy) is 1. The van der Waals surface area contributed by atoms with E-state index in [1.807, 2.05) is 25.7 Å². The van der Waals surface area contributed by atoms with E-state index >= 15 is 0 Å². The Morgan fingerprint density at radius 1 is 1.31 bits per heavy atom. The molecule has 0 bridgehead atoms. The Balaban J connectivity index is 1.92. The molecular weight excluding hydrogens is 204 g/mol. The minimum Gasteiger partial charge on any atom is -0.444 e. The van der Waals surface area contributed by atoms with Gasteiger partial charge in [0.15, 0.2) is 0 Å². The number of nitrogens with zero attached hydrogens (tertiary/aromatic N) is 1. The summed E-state index contributed by atoms with van der Waals surface area (Å²) in [7, 11) is 0. The molecule has 3 atom stereocenters. The number of carbonyl (C=O) groups excluding carboxylic acids is 1. The summed E-state index contributed by atoms with van der Waals surface area (Å²) in [5, 5.41) is 0. The van der Waals surface area contributed by atoms with E-state index in [9.17, 15) is 4.79 Å². The van der Waals surface area contributed by atoms with Crippen LogP contribution in [0.1, 0.15) is 33.6 Å². The molecule has 0 radical (unpaired) electrons. The predicted molar refractivity (Wildman–Crippen MR) is 62.0 cm³/mol. The Bertz CT molecular complexity index is 285. The van der Waals surface area contributed by atoms with Crippen LogP contribution in [0.15, 0.2) is 0 Å². The van der Waals surface area contributed by atoms with E-state index in [1.165, 1.54) is 0 Å². The highest BCUT2D eigenvalue weighted by atomic mass is 16.6. The summed E-state index contributed by atoms with van der Waals surface area (Å²) in [6.45, 7) is 7.29. The first-order valence-corrected chi connectivity index (χ1v) is 6.10. The van der Waals surface area contributed by atoms with Gasteiger partial charge in [-0.2, -0.15) is 0 Å². The fraction of sp³-hybridized carbons (Fsp3) is 0.917. The molecule has 92 valence electrons. The smallest absolute Gasteiger partial charge is 0.410 e. The Morgan fingerprint density at radius 2 is 2.00 bits per heavy atom. The quantitative estimate of drug-likeness (QED) is 0.682. The van der Waals surface area contributed by atoms with Crippen LogP contribution in [0.2, 0.25) is 0 Å². The van der Waals surface area contributed by atoms with Crippen molar-refractivity contribution in [3.05, 3.63) is 0 Å². The first-order chi connectivity index (χ1) is 7.37. The number of carbonyl (C=O) groups is 1. The third kappa shape index (κ3) is 2.32. The molecule has 1 aliphatic carbocycles. The molecule has 1 heterocycles. The first-order valence-electron chi connectivity index (χ1n) is 6.10. The van der Waals surface area contributed by atoms with Crippen LogP contribution in [-0.4, -0.2) is 35.7 Å². The van der Waals surface area contributed by atoms with Crippen molar-refractivity contribution in [3.8, 4) is 0 Å². The maximum absolute atomic E-state index is 11.9. The number of nitrogens with two attached hydrogens (primary N) is 1. The zero-order chi connectivity index (χ0) is 11.9. The monoisotopic (exact) mass is 226 g/mol. The lowest BCUT2D eigenvalue weighted by Crippen LogP contribution is -2.37. The Hall–Kier alpha value is -0.770. The second-order valence-corrected chi connectivity index (χ2v) is 6.05. The van der Waals surface area contributed by atoms with Gasteiger partial charge in [0, 0.05) is 19.1 Å². The van der Waals surface area contributed by atoms with Crippen molar-refractivity contribution in [2.75, 3.05) is 13.1 Å². The number of fused-ring (bicyclic) bond motifs is 1. The van der Waals surface area contributed by atoms with E-state index in [2.05, 4.69) is 0 Å². The van der Waals surface area contributed by atoms with Crippen molar-refractivity contribution < 1.29 is 9.53 Å². The van der Waals surface area contributed by atoms with Gasteiger partial charge >= 0.3 is 6.09 Å². The second kappa shape index (κ2) is 3.91. The van der Waals surface area contributed by atoms with Gasteiger partial charge in [-0.1, -0.05) is 0 Å². The van der Waals surface area contributed by atoms with Gasteiger partial charge in [0.05, 0.1) is 0 Å². The number of hydrogen-bond acceptors (Lipinski definition) is 3. The lowest BCUT2D eigenvalue weighted by molar-refractivity contribution is 0.0279. The largest absolute Gasteiger partial charge is 0.444 e. The van der Waals surface area contributed by atoms with Crippen LogP contribution in [0.4, 0.5) is 4.79 Å². The fourth-order valence-electron chi connectivity index (χ4n) is 2.78. The van der Waals surface area contributed by atoms with E-state index in [0.717, 1.165) is 25.9 Å². The fourth-order valence-corrected chi connectivity index (χ4v) is 2.78. The van der Waals surface area contributed by atoms with Crippen molar-refractivity contribution in [2.45, 2.75) is 45.3 Å². The second-order valence-electron chi connectivity index (χ2n) is 6.05. The number of likely N-dealkylation sites (tertiary alicyclic amines) is 1. The molecule has 0 aromatic heterocycles. The molecule has 2 N–H and O–H groups in total. The number of amides is 1. The number of hydrogen-bond donors (Lipinski definition) is 1. The highest BCUT2D eigenvalue weighted by Gasteiger charge is 2.43. The van der Waals surface area contributed by atoms with Gasteiger partial charge in [-0.15, -0.1) is 0 Å². The van der Waals surface area contributed by atoms with Crippen LogP contribution >= 0.6 is 0 Å². The van der Waals surface area contributed by atoms with Crippen molar-refractivity contribution >= 4 is 6.09 Å². The number of rotatable bonds is 0. The molecule has 0 aromatic carbocycles. The van der Waals surface area contributed by atoms with Gasteiger partial charge in [0.25, 0.3) is 0 Å². The maximum Gasteiger partial charge on any atom is 0.410 e. The molecule has 1 amide bonds. The summed E-state index contributed by atoms with van der Waals surface area (Å²) < 4.78 is 5.37. The topological polar surface area (TPSA) is 55.6 Å². The van der Waals surface area contributed by atoms with E-state index in [4.69, 9.17) is 10.5 Å². The molecule has 0 spiro atoms. The molecule has 4 heteroatoms. The zero-order valence-electron chi connectivity index (χ0n) is 10.4. The average molecular weight is 226 g/mol. The van der Waals surface area contributed by atoms with Crippen LogP contribution in [0.3, 0.4) is 0 Å². The van der Waals surface area contributed by atoms with E-state index in [1.54, 1.807) is 0 Å². The normalized spacial score (nSPS) is 34.0. The summed E-state index contributed by atoms with van der Waals surface area (Å²) >= 11 is 0. The molecule has 2 rings (SSSR count). The molecule has 1 aliphatic heterocycles. The standard InChI is InChI=1S/C12H22N2O2/c1-12(2,3)16-11(15)14-6-8-4-5-10(13)9(8)7-14/h8-10H,4-7,13H2,1-3H3/t8-,9?,10?/m0/s1. The van der Waals surface area contributed by atoms with Crippen molar-refractivity contribution in [1.29, 1.82) is 0 Å². The minimum absolute atomic E-state index is 0.186. The molecule has 0 aromatic rings. The van der Waals surface area contributed by atoms with Gasteiger partial charge in [-0.3, -0.25) is 0 Å². The lowest BCUT2D eigenvalue weighted by atomic mass is 9.98. The van der Waals surface area contributed by atoms with E-state index < -0.39 is 5.60 Å². The lowest BCUT2D eigenvalue weighted by Gasteiger charge is -2.25. The first kappa shape index (κ1) is 11.7. The summed E-state index contributed by atoms with van der Waals surface area (Å²) in [4.78, 5) is 13.7. The van der Waals surface area contributed by atoms with Gasteiger partial charge < -0.3 is 15.4 Å². The predicted octanol–water partition coefficient (Wildman–Crippen LogP) is 1.59. The molecule has 2 unspecified atom stereocenters. The Kier molecular flexibility index (Phi) is 2.86. The van der Waals surface area contributed by atoms with Crippen molar-refractivity contribution in [3.63, 3.8) is 0 Å². The summed E-state index contributed by atoms with van der Waals surface area (Å²) in [5.74, 6) is 1.09. The van der Waals surface area contributed by atoms with Crippen LogP contribution in [0.5, 0.6) is 0 Å². The van der Waals surface area contributed by atoms with E-state index in [-0.39, 0.29) is 12.1 Å². The van der Waals surface area contributed by atoms with Crippen LogP contribution < -0.4 is 5.73 Å². The summed E-state index contributed by atoms with van der Waals surface area (Å²) in [6, 6.07) is 0.275. The van der Waals surface area contributed by atoms with Crippen LogP contribution in [0, 0.1) is 11.8 Å². The molecule has 2 aliphatic rings. The SMILES string of the molecule is CC(C)(C)OC(=O)N1CC2C(N)CC[C@H]2C1. The van der Waals surface area contributed by atoms with E-state index in [0.29, 0.717) is 11.8 Å². The van der Waals surface area contributed by atoms with Crippen molar-refractivity contribution in [2.24, 2.45) is 17.6 Å². The van der Waals surface area contributed by atoms with Crippen LogP contribution in [0.25, 0.3) is 0 Å². The highest BCUT2D eigenvalue weighted by molar-refractivity contribution is 5.68. The Morgan fingerprint density at radius 3 is 2.56 bits per heavy atom. The Labute approximate surface area is 97.1 Å². The molecule has 16 heavy (non-hydrogen) atoms. The molecule has 1 saturated heterocycles. The molecule has 1 saturated carbocycles. The van der Waals surface area contributed by atoms with Gasteiger partial charge in [-0.25, -0.2) is 4.79 Å². The average Bonchev–Trinajstić information content (AvgIpc) is 2.65. The minimum atomic E-state index is -0.406. The van der Waals surface area contributed by atoms with Gasteiger partial charge in [0.1, 0.15) is 5.60 Å². The summed E-state index contributed by atoms with van der Waals surface area (Å²) in [5.41, 5.74) is 5.62. The third-order valence-corrected chi connectivity index (χ3v) is 3.56. The highest BCUT2D eigenvalue weighted by Crippen LogP contribution is 2.37. The molecule has 2 fully saturated rings.